The Morgan fingerprint density at radius 3 is 3.00 bits per heavy atom. The van der Waals surface area contributed by atoms with Crippen molar-refractivity contribution in [3.05, 3.63) is 41.5 Å². The number of nitrogens with zero attached hydrogens (tertiary/aromatic N) is 3. The van der Waals surface area contributed by atoms with Crippen molar-refractivity contribution in [1.82, 2.24) is 9.97 Å². The fourth-order valence-electron chi connectivity index (χ4n) is 1.74. The van der Waals surface area contributed by atoms with E-state index in [-0.39, 0.29) is 0 Å². The summed E-state index contributed by atoms with van der Waals surface area (Å²) < 4.78 is 1.08. The molecule has 3 rings (SSSR count). The van der Waals surface area contributed by atoms with Crippen LogP contribution in [0.15, 0.2) is 36.0 Å². The van der Waals surface area contributed by atoms with E-state index in [1.165, 1.54) is 0 Å². The second-order valence-corrected chi connectivity index (χ2v) is 4.78. The highest BCUT2D eigenvalue weighted by molar-refractivity contribution is 7.16. The molecule has 0 bridgehead atoms. The summed E-state index contributed by atoms with van der Waals surface area (Å²) in [5.41, 5.74) is 10.3. The summed E-state index contributed by atoms with van der Waals surface area (Å²) in [5.74, 6) is 0.489. The molecule has 0 saturated carbocycles. The van der Waals surface area contributed by atoms with Crippen molar-refractivity contribution in [2.45, 2.75) is 0 Å². The third-order valence-electron chi connectivity index (χ3n) is 2.70. The SMILES string of the molecule is N#Cc1ccnc(Nc2ccc3ncsc3c2)c1N. The first-order valence-electron chi connectivity index (χ1n) is 5.53. The van der Waals surface area contributed by atoms with Crippen molar-refractivity contribution in [2.75, 3.05) is 11.1 Å². The van der Waals surface area contributed by atoms with Crippen molar-refractivity contribution < 1.29 is 0 Å². The smallest absolute Gasteiger partial charge is 0.154 e. The first kappa shape index (κ1) is 11.4. The van der Waals surface area contributed by atoms with E-state index in [0.717, 1.165) is 15.9 Å². The molecule has 0 aliphatic heterocycles. The van der Waals surface area contributed by atoms with Gasteiger partial charge in [-0.05, 0) is 24.3 Å². The number of rotatable bonds is 2. The minimum Gasteiger partial charge on any atom is -0.395 e. The summed E-state index contributed by atoms with van der Waals surface area (Å²) in [6.07, 6.45) is 1.56. The molecule has 0 aliphatic rings. The Morgan fingerprint density at radius 1 is 1.26 bits per heavy atom. The van der Waals surface area contributed by atoms with Crippen LogP contribution in [0.1, 0.15) is 5.56 Å². The van der Waals surface area contributed by atoms with Gasteiger partial charge in [0.05, 0.1) is 27.0 Å². The lowest BCUT2D eigenvalue weighted by atomic mass is 10.2. The van der Waals surface area contributed by atoms with Crippen LogP contribution in [0.25, 0.3) is 10.2 Å². The number of aromatic nitrogens is 2. The van der Waals surface area contributed by atoms with E-state index in [0.29, 0.717) is 17.1 Å². The summed E-state index contributed by atoms with van der Waals surface area (Å²) in [6.45, 7) is 0. The van der Waals surface area contributed by atoms with Crippen molar-refractivity contribution in [2.24, 2.45) is 0 Å². The normalized spacial score (nSPS) is 10.3. The predicted octanol–water partition coefficient (Wildman–Crippen LogP) is 2.89. The molecule has 3 N–H and O–H groups in total. The molecule has 0 unspecified atom stereocenters. The number of hydrogen-bond donors (Lipinski definition) is 2. The zero-order chi connectivity index (χ0) is 13.2. The number of nitrogens with two attached hydrogens (primary N) is 1. The van der Waals surface area contributed by atoms with E-state index in [2.05, 4.69) is 15.3 Å². The first-order valence-corrected chi connectivity index (χ1v) is 6.41. The minimum absolute atomic E-state index is 0.356. The molecule has 0 spiro atoms. The number of thiazole rings is 1. The molecule has 5 nitrogen and oxygen atoms in total. The van der Waals surface area contributed by atoms with Crippen LogP contribution in [0, 0.1) is 11.3 Å². The topological polar surface area (TPSA) is 87.6 Å². The van der Waals surface area contributed by atoms with Gasteiger partial charge in [0.15, 0.2) is 5.82 Å². The maximum absolute atomic E-state index is 8.93. The van der Waals surface area contributed by atoms with Crippen molar-refractivity contribution in [3.8, 4) is 6.07 Å². The Labute approximate surface area is 113 Å². The number of pyridine rings is 1. The first-order chi connectivity index (χ1) is 9.28. The van der Waals surface area contributed by atoms with Crippen LogP contribution in [0.2, 0.25) is 0 Å². The molecule has 6 heteroatoms. The summed E-state index contributed by atoms with van der Waals surface area (Å²) in [4.78, 5) is 8.37. The van der Waals surface area contributed by atoms with Crippen LogP contribution in [-0.4, -0.2) is 9.97 Å². The number of fused-ring (bicyclic) bond motifs is 1. The Morgan fingerprint density at radius 2 is 2.16 bits per heavy atom. The lowest BCUT2D eigenvalue weighted by Gasteiger charge is -2.08. The van der Waals surface area contributed by atoms with Crippen LogP contribution in [0.3, 0.4) is 0 Å². The molecule has 92 valence electrons. The van der Waals surface area contributed by atoms with Gasteiger partial charge >= 0.3 is 0 Å². The molecular weight excluding hydrogens is 258 g/mol. The van der Waals surface area contributed by atoms with E-state index in [1.54, 1.807) is 29.1 Å². The molecule has 0 fully saturated rings. The van der Waals surface area contributed by atoms with Gasteiger partial charge in [-0.2, -0.15) is 5.26 Å². The van der Waals surface area contributed by atoms with Gasteiger partial charge in [0, 0.05) is 11.9 Å². The predicted molar refractivity (Wildman–Crippen MR) is 76.3 cm³/mol. The molecule has 0 atom stereocenters. The molecule has 0 radical (unpaired) electrons. The van der Waals surface area contributed by atoms with Crippen LogP contribution in [-0.2, 0) is 0 Å². The van der Waals surface area contributed by atoms with Crippen LogP contribution >= 0.6 is 11.3 Å². The van der Waals surface area contributed by atoms with Crippen LogP contribution < -0.4 is 11.1 Å². The highest BCUT2D eigenvalue weighted by atomic mass is 32.1. The Balaban J connectivity index is 1.99. The molecule has 1 aromatic carbocycles. The van der Waals surface area contributed by atoms with Gasteiger partial charge in [0.25, 0.3) is 0 Å². The third kappa shape index (κ3) is 2.07. The fourth-order valence-corrected chi connectivity index (χ4v) is 2.46. The zero-order valence-corrected chi connectivity index (χ0v) is 10.6. The number of anilines is 3. The van der Waals surface area contributed by atoms with Gasteiger partial charge in [-0.25, -0.2) is 9.97 Å². The molecule has 3 aromatic rings. The lowest BCUT2D eigenvalue weighted by molar-refractivity contribution is 1.30. The van der Waals surface area contributed by atoms with Crippen LogP contribution in [0.5, 0.6) is 0 Å². The zero-order valence-electron chi connectivity index (χ0n) is 9.79. The standard InChI is InChI=1S/C13H9N5S/c14-6-8-3-4-16-13(12(8)15)18-9-1-2-10-11(5-9)19-7-17-10/h1-5,7H,15H2,(H,16,18). The second-order valence-electron chi connectivity index (χ2n) is 3.89. The highest BCUT2D eigenvalue weighted by Gasteiger charge is 2.07. The lowest BCUT2D eigenvalue weighted by Crippen LogP contribution is -2.01. The summed E-state index contributed by atoms with van der Waals surface area (Å²) >= 11 is 1.57. The molecule has 0 aliphatic carbocycles. The minimum atomic E-state index is 0.356. The van der Waals surface area contributed by atoms with Crippen molar-refractivity contribution in [1.29, 1.82) is 5.26 Å². The number of benzene rings is 1. The van der Waals surface area contributed by atoms with Gasteiger partial charge in [0.2, 0.25) is 0 Å². The fraction of sp³-hybridized carbons (Fsp3) is 0. The van der Waals surface area contributed by atoms with Gasteiger partial charge < -0.3 is 11.1 Å². The molecule has 0 saturated heterocycles. The van der Waals surface area contributed by atoms with Gasteiger partial charge in [-0.15, -0.1) is 11.3 Å². The molecular formula is C13H9N5S. The second kappa shape index (κ2) is 4.55. The van der Waals surface area contributed by atoms with E-state index < -0.39 is 0 Å². The number of nitrogen functional groups attached to an aromatic ring is 1. The van der Waals surface area contributed by atoms with E-state index >= 15 is 0 Å². The summed E-state index contributed by atoms with van der Waals surface area (Å²) in [7, 11) is 0. The van der Waals surface area contributed by atoms with Crippen molar-refractivity contribution in [3.63, 3.8) is 0 Å². The Hall–Kier alpha value is -2.65. The molecule has 2 aromatic heterocycles. The van der Waals surface area contributed by atoms with Crippen molar-refractivity contribution >= 4 is 38.7 Å². The maximum atomic E-state index is 8.93. The van der Waals surface area contributed by atoms with E-state index in [4.69, 9.17) is 11.0 Å². The Kier molecular flexibility index (Phi) is 2.74. The Bertz CT molecular complexity index is 787. The van der Waals surface area contributed by atoms with E-state index in [1.807, 2.05) is 24.3 Å². The average Bonchev–Trinajstić information content (AvgIpc) is 2.88. The van der Waals surface area contributed by atoms with E-state index in [9.17, 15) is 0 Å². The van der Waals surface area contributed by atoms with Gasteiger partial charge in [0.1, 0.15) is 6.07 Å². The quantitative estimate of drug-likeness (QED) is 0.745. The van der Waals surface area contributed by atoms with Crippen LogP contribution in [0.4, 0.5) is 17.2 Å². The monoisotopic (exact) mass is 267 g/mol. The third-order valence-corrected chi connectivity index (χ3v) is 3.50. The number of nitrogens with one attached hydrogen (secondary N) is 1. The largest absolute Gasteiger partial charge is 0.395 e. The van der Waals surface area contributed by atoms with Gasteiger partial charge in [-0.1, -0.05) is 0 Å². The average molecular weight is 267 g/mol. The maximum Gasteiger partial charge on any atom is 0.154 e. The highest BCUT2D eigenvalue weighted by Crippen LogP contribution is 2.26. The molecule has 0 amide bonds. The molecule has 2 heterocycles. The number of nitriles is 1. The van der Waals surface area contributed by atoms with Gasteiger partial charge in [-0.3, -0.25) is 0 Å². The molecule has 19 heavy (non-hydrogen) atoms. The summed E-state index contributed by atoms with van der Waals surface area (Å²) in [5, 5.41) is 12.1. The number of hydrogen-bond acceptors (Lipinski definition) is 6. The summed E-state index contributed by atoms with van der Waals surface area (Å²) in [6, 6.07) is 9.44.